The molecule has 4 bridgehead atoms. The van der Waals surface area contributed by atoms with Crippen LogP contribution in [0.4, 0.5) is 8.78 Å². The van der Waals surface area contributed by atoms with Crippen LogP contribution in [0.25, 0.3) is 0 Å². The summed E-state index contributed by atoms with van der Waals surface area (Å²) in [4.78, 5) is 11.3. The number of ether oxygens (including phenoxy) is 1. The SMILES string of the molecule is O=C(OCC12CC3CC(CC(C3)C1)C2)C(F)(F)S(=O)(=O)O. The first-order chi connectivity index (χ1) is 9.61. The van der Waals surface area contributed by atoms with E-state index in [1.54, 1.807) is 0 Å². The predicted octanol–water partition coefficient (Wildman–Crippen LogP) is 2.23. The second-order valence-electron chi connectivity index (χ2n) is 6.99. The lowest BCUT2D eigenvalue weighted by atomic mass is 9.50. The molecular formula is C13H18F2O5S. The number of hydrogen-bond acceptors (Lipinski definition) is 4. The first-order valence-electron chi connectivity index (χ1n) is 7.13. The second-order valence-corrected chi connectivity index (χ2v) is 8.45. The molecule has 0 atom stereocenters. The van der Waals surface area contributed by atoms with Crippen LogP contribution in [0.5, 0.6) is 0 Å². The van der Waals surface area contributed by atoms with E-state index in [1.165, 1.54) is 0 Å². The third-order valence-corrected chi connectivity index (χ3v) is 6.05. The summed E-state index contributed by atoms with van der Waals surface area (Å²) in [6.07, 6.45) is 6.04. The molecule has 0 aromatic heterocycles. The smallest absolute Gasteiger partial charge is 0.460 e. The van der Waals surface area contributed by atoms with Gasteiger partial charge in [-0.05, 0) is 56.3 Å². The van der Waals surface area contributed by atoms with E-state index in [4.69, 9.17) is 4.55 Å². The van der Waals surface area contributed by atoms with Crippen LogP contribution >= 0.6 is 0 Å². The molecule has 4 aliphatic rings. The maximum absolute atomic E-state index is 13.2. The predicted molar refractivity (Wildman–Crippen MR) is 68.1 cm³/mol. The molecule has 0 amide bonds. The van der Waals surface area contributed by atoms with Gasteiger partial charge in [0.15, 0.2) is 0 Å². The zero-order chi connectivity index (χ0) is 15.5. The normalized spacial score (nSPS) is 38.5. The number of alkyl halides is 2. The van der Waals surface area contributed by atoms with Crippen molar-refractivity contribution in [3.05, 3.63) is 0 Å². The molecule has 8 heteroatoms. The monoisotopic (exact) mass is 324 g/mol. The molecule has 0 spiro atoms. The van der Waals surface area contributed by atoms with Gasteiger partial charge in [-0.1, -0.05) is 0 Å². The average Bonchev–Trinajstić information content (AvgIpc) is 2.32. The molecule has 21 heavy (non-hydrogen) atoms. The molecule has 0 saturated heterocycles. The number of halogens is 2. The molecule has 0 radical (unpaired) electrons. The summed E-state index contributed by atoms with van der Waals surface area (Å²) < 4.78 is 60.4. The van der Waals surface area contributed by atoms with E-state index in [2.05, 4.69) is 4.74 Å². The van der Waals surface area contributed by atoms with Crippen LogP contribution in [0.2, 0.25) is 0 Å². The second kappa shape index (κ2) is 4.62. The van der Waals surface area contributed by atoms with E-state index in [9.17, 15) is 22.0 Å². The highest BCUT2D eigenvalue weighted by Crippen LogP contribution is 2.60. The van der Waals surface area contributed by atoms with Crippen LogP contribution in [0.1, 0.15) is 38.5 Å². The Balaban J connectivity index is 1.67. The Bertz CT molecular complexity index is 522. The molecule has 5 nitrogen and oxygen atoms in total. The first kappa shape index (κ1) is 15.1. The molecular weight excluding hydrogens is 306 g/mol. The Morgan fingerprint density at radius 3 is 1.95 bits per heavy atom. The van der Waals surface area contributed by atoms with E-state index >= 15 is 0 Å². The molecule has 0 unspecified atom stereocenters. The summed E-state index contributed by atoms with van der Waals surface area (Å²) in [5.41, 5.74) is -0.278. The molecule has 4 saturated carbocycles. The van der Waals surface area contributed by atoms with Gasteiger partial charge < -0.3 is 4.74 Å². The minimum atomic E-state index is -5.79. The van der Waals surface area contributed by atoms with E-state index < -0.39 is 21.3 Å². The van der Waals surface area contributed by atoms with Gasteiger partial charge in [-0.25, -0.2) is 4.79 Å². The number of hydrogen-bond donors (Lipinski definition) is 1. The number of carbonyl (C=O) groups excluding carboxylic acids is 1. The summed E-state index contributed by atoms with van der Waals surface area (Å²) in [6, 6.07) is 0. The molecule has 4 aliphatic carbocycles. The summed E-state index contributed by atoms with van der Waals surface area (Å²) in [5.74, 6) is -0.480. The molecule has 0 aromatic rings. The Hall–Kier alpha value is -0.760. The highest BCUT2D eigenvalue weighted by Gasteiger charge is 2.56. The highest BCUT2D eigenvalue weighted by molar-refractivity contribution is 7.87. The summed E-state index contributed by atoms with van der Waals surface area (Å²) >= 11 is 0. The van der Waals surface area contributed by atoms with Crippen molar-refractivity contribution in [1.29, 1.82) is 0 Å². The fourth-order valence-corrected chi connectivity index (χ4v) is 5.14. The first-order valence-corrected chi connectivity index (χ1v) is 8.57. The Kier molecular flexibility index (Phi) is 3.33. The van der Waals surface area contributed by atoms with Gasteiger partial charge in [0.2, 0.25) is 0 Å². The maximum Gasteiger partial charge on any atom is 0.465 e. The zero-order valence-electron chi connectivity index (χ0n) is 11.4. The van der Waals surface area contributed by atoms with Gasteiger partial charge in [-0.2, -0.15) is 17.2 Å². The third-order valence-electron chi connectivity index (χ3n) is 5.24. The van der Waals surface area contributed by atoms with Crippen molar-refractivity contribution in [2.24, 2.45) is 23.2 Å². The van der Waals surface area contributed by atoms with Gasteiger partial charge in [0.25, 0.3) is 0 Å². The molecule has 0 heterocycles. The van der Waals surface area contributed by atoms with Gasteiger partial charge >= 0.3 is 21.3 Å². The van der Waals surface area contributed by atoms with Crippen molar-refractivity contribution in [1.82, 2.24) is 0 Å². The molecule has 1 N–H and O–H groups in total. The van der Waals surface area contributed by atoms with Gasteiger partial charge in [-0.15, -0.1) is 0 Å². The van der Waals surface area contributed by atoms with E-state index in [-0.39, 0.29) is 12.0 Å². The zero-order valence-corrected chi connectivity index (χ0v) is 12.2. The third kappa shape index (κ3) is 2.56. The molecule has 0 aromatic carbocycles. The highest BCUT2D eigenvalue weighted by atomic mass is 32.2. The van der Waals surface area contributed by atoms with Crippen molar-refractivity contribution in [2.45, 2.75) is 43.8 Å². The molecule has 120 valence electrons. The van der Waals surface area contributed by atoms with Gasteiger partial charge in [0, 0.05) is 5.41 Å². The number of carbonyl (C=O) groups is 1. The van der Waals surface area contributed by atoms with Crippen LogP contribution in [-0.4, -0.2) is 30.8 Å². The van der Waals surface area contributed by atoms with Crippen LogP contribution in [-0.2, 0) is 19.6 Å². The summed E-state index contributed by atoms with van der Waals surface area (Å²) in [5, 5.41) is -4.89. The topological polar surface area (TPSA) is 80.7 Å². The Morgan fingerprint density at radius 2 is 1.57 bits per heavy atom. The largest absolute Gasteiger partial charge is 0.465 e. The Labute approximate surface area is 121 Å². The minimum Gasteiger partial charge on any atom is -0.460 e. The van der Waals surface area contributed by atoms with Crippen molar-refractivity contribution >= 4 is 16.1 Å². The quantitative estimate of drug-likeness (QED) is 0.633. The van der Waals surface area contributed by atoms with Gasteiger partial charge in [0.1, 0.15) is 0 Å². The van der Waals surface area contributed by atoms with Crippen molar-refractivity contribution in [3.63, 3.8) is 0 Å². The number of esters is 1. The van der Waals surface area contributed by atoms with E-state index in [1.807, 2.05) is 0 Å². The van der Waals surface area contributed by atoms with Crippen LogP contribution < -0.4 is 0 Å². The van der Waals surface area contributed by atoms with Crippen LogP contribution in [0.15, 0.2) is 0 Å². The molecule has 4 rings (SSSR count). The standard InChI is InChI=1S/C13H18F2O5S/c14-13(15,21(17,18)19)11(16)20-7-12-4-8-1-9(5-12)3-10(2-8)6-12/h8-10H,1-7H2,(H,17,18,19). The lowest BCUT2D eigenvalue weighted by Crippen LogP contribution is -2.49. The fraction of sp³-hybridized carbons (Fsp3) is 0.923. The lowest BCUT2D eigenvalue weighted by molar-refractivity contribution is -0.172. The van der Waals surface area contributed by atoms with Gasteiger partial charge in [0.05, 0.1) is 6.61 Å². The maximum atomic E-state index is 13.2. The van der Waals surface area contributed by atoms with Crippen molar-refractivity contribution < 1.29 is 31.3 Å². The van der Waals surface area contributed by atoms with Crippen molar-refractivity contribution in [3.8, 4) is 0 Å². The summed E-state index contributed by atoms with van der Waals surface area (Å²) in [6.45, 7) is -0.180. The molecule has 4 fully saturated rings. The van der Waals surface area contributed by atoms with Crippen LogP contribution in [0.3, 0.4) is 0 Å². The lowest BCUT2D eigenvalue weighted by Gasteiger charge is -2.56. The van der Waals surface area contributed by atoms with E-state index in [0.29, 0.717) is 17.8 Å². The van der Waals surface area contributed by atoms with Gasteiger partial charge in [-0.3, -0.25) is 4.55 Å². The summed E-state index contributed by atoms with van der Waals surface area (Å²) in [7, 11) is -5.79. The number of rotatable bonds is 4. The van der Waals surface area contributed by atoms with E-state index in [0.717, 1.165) is 38.5 Å². The van der Waals surface area contributed by atoms with Crippen molar-refractivity contribution in [2.75, 3.05) is 6.61 Å². The fourth-order valence-electron chi connectivity index (χ4n) is 4.87. The average molecular weight is 324 g/mol. The Morgan fingerprint density at radius 1 is 1.14 bits per heavy atom. The van der Waals surface area contributed by atoms with Crippen LogP contribution in [0, 0.1) is 23.2 Å². The minimum absolute atomic E-state index is 0.180. The molecule has 0 aliphatic heterocycles.